The Balaban J connectivity index is 1.95. The molecule has 1 aliphatic carbocycles. The van der Waals surface area contributed by atoms with Crippen LogP contribution in [0, 0.1) is 11.3 Å². The van der Waals surface area contributed by atoms with Crippen molar-refractivity contribution in [1.82, 2.24) is 4.98 Å². The van der Waals surface area contributed by atoms with E-state index in [1.165, 1.54) is 29.9 Å². The van der Waals surface area contributed by atoms with Crippen molar-refractivity contribution in [2.24, 2.45) is 0 Å². The van der Waals surface area contributed by atoms with Gasteiger partial charge in [-0.25, -0.2) is 4.98 Å². The molecule has 0 aliphatic heterocycles. The summed E-state index contributed by atoms with van der Waals surface area (Å²) in [6, 6.07) is 7.26. The van der Waals surface area contributed by atoms with Gasteiger partial charge in [0.25, 0.3) is 0 Å². The van der Waals surface area contributed by atoms with Crippen LogP contribution in [0.25, 0.3) is 16.8 Å². The minimum Gasteiger partial charge on any atom is -0.506 e. The zero-order chi connectivity index (χ0) is 17.1. The number of carbonyl (C=O) groups is 1. The summed E-state index contributed by atoms with van der Waals surface area (Å²) in [5.41, 5.74) is 3.76. The molecule has 0 spiro atoms. The molecule has 1 fully saturated rings. The van der Waals surface area contributed by atoms with Gasteiger partial charge in [-0.15, -0.1) is 11.3 Å². The Morgan fingerprint density at radius 2 is 2.12 bits per heavy atom. The minimum absolute atomic E-state index is 0.00944. The second kappa shape index (κ2) is 6.85. The van der Waals surface area contributed by atoms with Gasteiger partial charge in [0.2, 0.25) is 5.91 Å². The highest BCUT2D eigenvalue weighted by molar-refractivity contribution is 7.11. The molecule has 2 N–H and O–H groups in total. The molecule has 5 nitrogen and oxygen atoms in total. The van der Waals surface area contributed by atoms with E-state index in [1.807, 2.05) is 5.38 Å². The fraction of sp³-hybridized carbons (Fsp3) is 0.278. The maximum absolute atomic E-state index is 11.2. The Hall–Kier alpha value is -2.65. The second-order valence-electron chi connectivity index (χ2n) is 5.75. The number of hydrogen-bond donors (Lipinski definition) is 2. The van der Waals surface area contributed by atoms with Crippen molar-refractivity contribution in [1.29, 1.82) is 5.26 Å². The summed E-state index contributed by atoms with van der Waals surface area (Å²) in [4.78, 5) is 15.8. The van der Waals surface area contributed by atoms with Crippen LogP contribution in [0.5, 0.6) is 5.75 Å². The third-order valence-corrected chi connectivity index (χ3v) is 4.85. The van der Waals surface area contributed by atoms with Crippen molar-refractivity contribution < 1.29 is 9.90 Å². The number of amides is 1. The van der Waals surface area contributed by atoms with Crippen LogP contribution in [0.1, 0.15) is 37.6 Å². The van der Waals surface area contributed by atoms with Gasteiger partial charge in [0.15, 0.2) is 0 Å². The highest BCUT2D eigenvalue weighted by Crippen LogP contribution is 2.35. The van der Waals surface area contributed by atoms with E-state index in [4.69, 9.17) is 0 Å². The number of hydrogen-bond acceptors (Lipinski definition) is 5. The molecule has 1 saturated carbocycles. The molecule has 0 atom stereocenters. The van der Waals surface area contributed by atoms with Crippen LogP contribution in [0.3, 0.4) is 0 Å². The molecule has 1 amide bonds. The summed E-state index contributed by atoms with van der Waals surface area (Å²) in [5.74, 6) is -0.241. The number of rotatable bonds is 3. The number of anilines is 1. The first-order valence-corrected chi connectivity index (χ1v) is 8.65. The quantitative estimate of drug-likeness (QED) is 0.644. The number of aromatic hydroxyl groups is 1. The largest absolute Gasteiger partial charge is 0.506 e. The van der Waals surface area contributed by atoms with Crippen LogP contribution < -0.4 is 5.32 Å². The standard InChI is InChI=1S/C18H17N3O2S/c1-11(22)20-15-8-13(6-7-17(15)23)16-10-24-18(21-16)14(9-19)12-4-2-3-5-12/h6-8,10,23H,2-5H2,1H3,(H,20,22). The van der Waals surface area contributed by atoms with Crippen LogP contribution in [0.4, 0.5) is 5.69 Å². The minimum atomic E-state index is -0.251. The van der Waals surface area contributed by atoms with Crippen LogP contribution in [0.15, 0.2) is 29.2 Å². The van der Waals surface area contributed by atoms with Crippen LogP contribution in [-0.2, 0) is 4.79 Å². The Labute approximate surface area is 144 Å². The number of phenols is 1. The van der Waals surface area contributed by atoms with Gasteiger partial charge in [0.05, 0.1) is 17.0 Å². The van der Waals surface area contributed by atoms with Crippen molar-refractivity contribution in [3.05, 3.63) is 34.2 Å². The maximum atomic E-state index is 11.2. The van der Waals surface area contributed by atoms with E-state index in [0.29, 0.717) is 11.3 Å². The molecule has 1 aromatic heterocycles. The summed E-state index contributed by atoms with van der Waals surface area (Å²) in [7, 11) is 0. The number of nitrogens with one attached hydrogen (secondary N) is 1. The van der Waals surface area contributed by atoms with Gasteiger partial charge in [-0.2, -0.15) is 5.26 Å². The summed E-state index contributed by atoms with van der Waals surface area (Å²) in [5, 5.41) is 24.5. The SMILES string of the molecule is CC(=O)Nc1cc(-c2csc(C(C#N)=C3CCCC3)n2)ccc1O. The second-order valence-corrected chi connectivity index (χ2v) is 6.61. The highest BCUT2D eigenvalue weighted by Gasteiger charge is 2.17. The Kier molecular flexibility index (Phi) is 4.63. The molecule has 0 bridgehead atoms. The molecule has 24 heavy (non-hydrogen) atoms. The predicted molar refractivity (Wildman–Crippen MR) is 94.5 cm³/mol. The molecule has 6 heteroatoms. The number of benzene rings is 1. The lowest BCUT2D eigenvalue weighted by Crippen LogP contribution is -2.05. The van der Waals surface area contributed by atoms with Crippen molar-refractivity contribution in [2.45, 2.75) is 32.6 Å². The number of nitriles is 1. The fourth-order valence-electron chi connectivity index (χ4n) is 2.84. The van der Waals surface area contributed by atoms with Gasteiger partial charge in [-0.05, 0) is 49.5 Å². The van der Waals surface area contributed by atoms with Gasteiger partial charge in [0.1, 0.15) is 16.8 Å². The molecule has 1 heterocycles. The zero-order valence-electron chi connectivity index (χ0n) is 13.3. The Bertz CT molecular complexity index is 853. The van der Waals surface area contributed by atoms with E-state index >= 15 is 0 Å². The molecule has 1 aliphatic rings. The molecule has 3 rings (SSSR count). The van der Waals surface area contributed by atoms with E-state index in [-0.39, 0.29) is 11.7 Å². The molecule has 0 radical (unpaired) electrons. The average Bonchev–Trinajstić information content (AvgIpc) is 3.22. The summed E-state index contributed by atoms with van der Waals surface area (Å²) in [6.07, 6.45) is 4.22. The number of phenolic OH excluding ortho intramolecular Hbond substituents is 1. The van der Waals surface area contributed by atoms with E-state index in [9.17, 15) is 15.2 Å². The smallest absolute Gasteiger partial charge is 0.221 e. The van der Waals surface area contributed by atoms with E-state index in [0.717, 1.165) is 41.9 Å². The number of allylic oxidation sites excluding steroid dienone is 2. The molecule has 1 aromatic carbocycles. The van der Waals surface area contributed by atoms with Crippen molar-refractivity contribution in [3.8, 4) is 23.1 Å². The van der Waals surface area contributed by atoms with E-state index in [2.05, 4.69) is 16.4 Å². The van der Waals surface area contributed by atoms with E-state index < -0.39 is 0 Å². The first-order valence-electron chi connectivity index (χ1n) is 7.77. The average molecular weight is 339 g/mol. The molecule has 2 aromatic rings. The molecular formula is C18H17N3O2S. The van der Waals surface area contributed by atoms with Gasteiger partial charge < -0.3 is 10.4 Å². The monoisotopic (exact) mass is 339 g/mol. The van der Waals surface area contributed by atoms with E-state index in [1.54, 1.807) is 12.1 Å². The summed E-state index contributed by atoms with van der Waals surface area (Å²) < 4.78 is 0. The highest BCUT2D eigenvalue weighted by atomic mass is 32.1. The molecule has 0 saturated heterocycles. The molecule has 122 valence electrons. The predicted octanol–water partition coefficient (Wildman–Crippen LogP) is 4.33. The lowest BCUT2D eigenvalue weighted by atomic mass is 10.1. The maximum Gasteiger partial charge on any atom is 0.221 e. The van der Waals surface area contributed by atoms with Gasteiger partial charge in [-0.1, -0.05) is 0 Å². The third-order valence-electron chi connectivity index (χ3n) is 3.99. The zero-order valence-corrected chi connectivity index (χ0v) is 14.1. The first-order chi connectivity index (χ1) is 11.6. The van der Waals surface area contributed by atoms with Gasteiger partial charge >= 0.3 is 0 Å². The van der Waals surface area contributed by atoms with Gasteiger partial charge in [0, 0.05) is 17.9 Å². The summed E-state index contributed by atoms with van der Waals surface area (Å²) in [6.45, 7) is 1.39. The van der Waals surface area contributed by atoms with Crippen LogP contribution in [-0.4, -0.2) is 16.0 Å². The van der Waals surface area contributed by atoms with Gasteiger partial charge in [-0.3, -0.25) is 4.79 Å². The van der Waals surface area contributed by atoms with Crippen LogP contribution >= 0.6 is 11.3 Å². The Morgan fingerprint density at radius 1 is 1.38 bits per heavy atom. The summed E-state index contributed by atoms with van der Waals surface area (Å²) >= 11 is 1.45. The number of carbonyl (C=O) groups excluding carboxylic acids is 1. The number of thiazole rings is 1. The third kappa shape index (κ3) is 3.31. The first kappa shape index (κ1) is 16.2. The normalized spacial score (nSPS) is 13.6. The lowest BCUT2D eigenvalue weighted by Gasteiger charge is -2.06. The molecular weight excluding hydrogens is 322 g/mol. The number of aromatic nitrogens is 1. The number of nitrogens with zero attached hydrogens (tertiary/aromatic N) is 2. The van der Waals surface area contributed by atoms with Crippen molar-refractivity contribution >= 4 is 28.5 Å². The molecule has 0 unspecified atom stereocenters. The topological polar surface area (TPSA) is 86.0 Å². The van der Waals surface area contributed by atoms with Crippen molar-refractivity contribution in [2.75, 3.05) is 5.32 Å². The fourth-order valence-corrected chi connectivity index (χ4v) is 3.71. The Morgan fingerprint density at radius 3 is 2.79 bits per heavy atom. The lowest BCUT2D eigenvalue weighted by molar-refractivity contribution is -0.114. The van der Waals surface area contributed by atoms with Crippen LogP contribution in [0.2, 0.25) is 0 Å². The van der Waals surface area contributed by atoms with Crippen molar-refractivity contribution in [3.63, 3.8) is 0 Å².